The maximum Gasteiger partial charge on any atom is 0.123 e. The van der Waals surface area contributed by atoms with Crippen LogP contribution in [0, 0.1) is 12.7 Å². The number of halogens is 1. The highest BCUT2D eigenvalue weighted by Gasteiger charge is 2.35. The van der Waals surface area contributed by atoms with E-state index in [2.05, 4.69) is 41.5 Å². The molecule has 4 rings (SSSR count). The van der Waals surface area contributed by atoms with Gasteiger partial charge in [-0.05, 0) is 69.1 Å². The van der Waals surface area contributed by atoms with Crippen molar-refractivity contribution in [3.63, 3.8) is 0 Å². The molecule has 2 aromatic carbocycles. The van der Waals surface area contributed by atoms with Gasteiger partial charge >= 0.3 is 0 Å². The molecule has 5 heteroatoms. The topological polar surface area (TPSA) is 49.9 Å². The average Bonchev–Trinajstić information content (AvgIpc) is 3.15. The van der Waals surface area contributed by atoms with Crippen molar-refractivity contribution >= 4 is 10.9 Å². The Labute approximate surface area is 159 Å². The monoisotopic (exact) mass is 367 g/mol. The van der Waals surface area contributed by atoms with E-state index in [1.54, 1.807) is 12.1 Å². The van der Waals surface area contributed by atoms with Crippen molar-refractivity contribution in [2.24, 2.45) is 0 Å². The smallest absolute Gasteiger partial charge is 0.123 e. The van der Waals surface area contributed by atoms with Gasteiger partial charge in [-0.15, -0.1) is 0 Å². The first-order valence-corrected chi connectivity index (χ1v) is 9.59. The highest BCUT2D eigenvalue weighted by atomic mass is 19.1. The molecule has 0 aliphatic carbocycles. The van der Waals surface area contributed by atoms with Crippen molar-refractivity contribution in [1.29, 1.82) is 0 Å². The number of rotatable bonds is 5. The van der Waals surface area contributed by atoms with Gasteiger partial charge in [0.15, 0.2) is 0 Å². The summed E-state index contributed by atoms with van der Waals surface area (Å²) in [6.45, 7) is 6.70. The first kappa shape index (κ1) is 18.1. The molecule has 4 nitrogen and oxygen atoms in total. The normalized spacial score (nSPS) is 17.9. The Bertz CT molecular complexity index is 913. The number of nitrogens with zero attached hydrogens (tertiary/aromatic N) is 1. The molecule has 1 saturated heterocycles. The Morgan fingerprint density at radius 3 is 2.67 bits per heavy atom. The Kier molecular flexibility index (Phi) is 4.98. The van der Waals surface area contributed by atoms with E-state index in [0.29, 0.717) is 6.61 Å². The van der Waals surface area contributed by atoms with Crippen LogP contribution in [0.4, 0.5) is 4.39 Å². The largest absolute Gasteiger partial charge is 0.373 e. The molecule has 1 aromatic heterocycles. The summed E-state index contributed by atoms with van der Waals surface area (Å²) in [6, 6.07) is 11.2. The van der Waals surface area contributed by atoms with Crippen molar-refractivity contribution < 1.29 is 9.13 Å². The highest BCUT2D eigenvalue weighted by Crippen LogP contribution is 2.36. The van der Waals surface area contributed by atoms with Crippen LogP contribution in [-0.2, 0) is 10.2 Å². The van der Waals surface area contributed by atoms with Gasteiger partial charge in [-0.3, -0.25) is 5.10 Å². The fourth-order valence-electron chi connectivity index (χ4n) is 4.16. The van der Waals surface area contributed by atoms with E-state index in [0.717, 1.165) is 48.0 Å². The molecule has 0 radical (unpaired) electrons. The SMILES string of the molecule is Cc1cc(C(C)OCC2(c3ccc(F)cc3)CCNCC2)c2[nH]ncc2c1. The summed E-state index contributed by atoms with van der Waals surface area (Å²) in [4.78, 5) is 0. The minimum Gasteiger partial charge on any atom is -0.373 e. The predicted molar refractivity (Wildman–Crippen MR) is 105 cm³/mol. The summed E-state index contributed by atoms with van der Waals surface area (Å²) in [7, 11) is 0. The van der Waals surface area contributed by atoms with Gasteiger partial charge in [0.05, 0.1) is 24.4 Å². The Hall–Kier alpha value is -2.24. The second kappa shape index (κ2) is 7.41. The number of aryl methyl sites for hydroxylation is 1. The van der Waals surface area contributed by atoms with Gasteiger partial charge in [0.25, 0.3) is 0 Å². The van der Waals surface area contributed by atoms with Crippen LogP contribution in [0.5, 0.6) is 0 Å². The van der Waals surface area contributed by atoms with Gasteiger partial charge in [0.2, 0.25) is 0 Å². The molecule has 0 bridgehead atoms. The van der Waals surface area contributed by atoms with E-state index in [-0.39, 0.29) is 17.3 Å². The number of H-pyrrole nitrogens is 1. The van der Waals surface area contributed by atoms with Gasteiger partial charge in [-0.25, -0.2) is 4.39 Å². The van der Waals surface area contributed by atoms with Crippen molar-refractivity contribution in [2.75, 3.05) is 19.7 Å². The number of hydrogen-bond acceptors (Lipinski definition) is 3. The lowest BCUT2D eigenvalue weighted by Gasteiger charge is -2.38. The molecule has 0 amide bonds. The maximum atomic E-state index is 13.4. The van der Waals surface area contributed by atoms with E-state index >= 15 is 0 Å². The zero-order chi connectivity index (χ0) is 18.9. The van der Waals surface area contributed by atoms with E-state index in [9.17, 15) is 4.39 Å². The third-order valence-electron chi connectivity index (χ3n) is 5.79. The summed E-state index contributed by atoms with van der Waals surface area (Å²) in [6.07, 6.45) is 3.77. The molecule has 1 unspecified atom stereocenters. The molecule has 2 heterocycles. The fraction of sp³-hybridized carbons (Fsp3) is 0.409. The standard InChI is InChI=1S/C22H26FN3O/c1-15-11-17-13-25-26-21(17)20(12-15)16(2)27-14-22(7-9-24-10-8-22)18-3-5-19(23)6-4-18/h3-6,11-13,16,24H,7-10,14H2,1-2H3,(H,25,26). The van der Waals surface area contributed by atoms with Gasteiger partial charge in [0.1, 0.15) is 5.82 Å². The van der Waals surface area contributed by atoms with Crippen molar-refractivity contribution in [3.05, 3.63) is 65.1 Å². The second-order valence-corrected chi connectivity index (χ2v) is 7.68. The van der Waals surface area contributed by atoms with Crippen LogP contribution < -0.4 is 5.32 Å². The first-order chi connectivity index (χ1) is 13.1. The zero-order valence-corrected chi connectivity index (χ0v) is 15.9. The molecular weight excluding hydrogens is 341 g/mol. The zero-order valence-electron chi connectivity index (χ0n) is 15.9. The van der Waals surface area contributed by atoms with Crippen LogP contribution in [-0.4, -0.2) is 29.9 Å². The second-order valence-electron chi connectivity index (χ2n) is 7.68. The third kappa shape index (κ3) is 3.62. The minimum absolute atomic E-state index is 0.0555. The lowest BCUT2D eigenvalue weighted by molar-refractivity contribution is 0.0172. The van der Waals surface area contributed by atoms with Crippen LogP contribution >= 0.6 is 0 Å². The number of nitrogens with one attached hydrogen (secondary N) is 2. The van der Waals surface area contributed by atoms with Gasteiger partial charge in [-0.1, -0.05) is 18.2 Å². The number of ether oxygens (including phenoxy) is 1. The maximum absolute atomic E-state index is 13.4. The van der Waals surface area contributed by atoms with Gasteiger partial charge < -0.3 is 10.1 Å². The summed E-state index contributed by atoms with van der Waals surface area (Å²) >= 11 is 0. The van der Waals surface area contributed by atoms with Crippen molar-refractivity contribution in [1.82, 2.24) is 15.5 Å². The lowest BCUT2D eigenvalue weighted by atomic mass is 9.74. The Morgan fingerprint density at radius 2 is 1.93 bits per heavy atom. The Morgan fingerprint density at radius 1 is 1.19 bits per heavy atom. The van der Waals surface area contributed by atoms with Gasteiger partial charge in [0, 0.05) is 16.4 Å². The summed E-state index contributed by atoms with van der Waals surface area (Å²) < 4.78 is 19.8. The number of hydrogen-bond donors (Lipinski definition) is 2. The minimum atomic E-state index is -0.196. The third-order valence-corrected chi connectivity index (χ3v) is 5.79. The number of aromatic amines is 1. The molecular formula is C22H26FN3O. The summed E-state index contributed by atoms with van der Waals surface area (Å²) in [5.74, 6) is -0.196. The Balaban J connectivity index is 1.58. The van der Waals surface area contributed by atoms with E-state index in [1.807, 2.05) is 18.3 Å². The van der Waals surface area contributed by atoms with Crippen LogP contribution in [0.1, 0.15) is 42.6 Å². The molecule has 27 heavy (non-hydrogen) atoms. The molecule has 1 aliphatic rings. The molecule has 3 aromatic rings. The molecule has 1 atom stereocenters. The summed E-state index contributed by atoms with van der Waals surface area (Å²) in [5, 5.41) is 11.8. The number of benzene rings is 2. The predicted octanol–water partition coefficient (Wildman–Crippen LogP) is 4.41. The van der Waals surface area contributed by atoms with E-state index in [4.69, 9.17) is 4.74 Å². The first-order valence-electron chi connectivity index (χ1n) is 9.59. The van der Waals surface area contributed by atoms with E-state index < -0.39 is 0 Å². The highest BCUT2D eigenvalue weighted by molar-refractivity contribution is 5.82. The fourth-order valence-corrected chi connectivity index (χ4v) is 4.16. The van der Waals surface area contributed by atoms with Crippen LogP contribution in [0.15, 0.2) is 42.6 Å². The molecule has 2 N–H and O–H groups in total. The van der Waals surface area contributed by atoms with Crippen LogP contribution in [0.3, 0.4) is 0 Å². The van der Waals surface area contributed by atoms with Crippen molar-refractivity contribution in [2.45, 2.75) is 38.2 Å². The summed E-state index contributed by atoms with van der Waals surface area (Å²) in [5.41, 5.74) is 4.45. The van der Waals surface area contributed by atoms with Gasteiger partial charge in [-0.2, -0.15) is 5.10 Å². The molecule has 142 valence electrons. The molecule has 0 saturated carbocycles. The number of fused-ring (bicyclic) bond motifs is 1. The molecule has 0 spiro atoms. The average molecular weight is 367 g/mol. The molecule has 1 aliphatic heterocycles. The van der Waals surface area contributed by atoms with E-state index in [1.165, 1.54) is 5.56 Å². The molecule has 1 fully saturated rings. The van der Waals surface area contributed by atoms with Crippen LogP contribution in [0.25, 0.3) is 10.9 Å². The lowest BCUT2D eigenvalue weighted by Crippen LogP contribution is -2.43. The van der Waals surface area contributed by atoms with Crippen molar-refractivity contribution in [3.8, 4) is 0 Å². The number of piperidine rings is 1. The quantitative estimate of drug-likeness (QED) is 0.702. The van der Waals surface area contributed by atoms with Crippen LogP contribution in [0.2, 0.25) is 0 Å². The number of aromatic nitrogens is 2.